The topological polar surface area (TPSA) is 69.4 Å². The maximum absolute atomic E-state index is 11.4. The van der Waals surface area contributed by atoms with Gasteiger partial charge in [0, 0.05) is 5.02 Å². The van der Waals surface area contributed by atoms with Gasteiger partial charge in [0.05, 0.1) is 6.61 Å². The van der Waals surface area contributed by atoms with Gasteiger partial charge in [-0.05, 0) is 30.0 Å². The number of primary sulfonamides is 1. The van der Waals surface area contributed by atoms with Gasteiger partial charge in [0.1, 0.15) is 10.6 Å². The van der Waals surface area contributed by atoms with Crippen molar-refractivity contribution in [3.63, 3.8) is 0 Å². The third-order valence-electron chi connectivity index (χ3n) is 2.32. The average molecular weight is 292 g/mol. The average Bonchev–Trinajstić information content (AvgIpc) is 2.17. The van der Waals surface area contributed by atoms with Crippen LogP contribution in [-0.2, 0) is 10.0 Å². The van der Waals surface area contributed by atoms with Crippen LogP contribution in [0.5, 0.6) is 5.75 Å². The second-order valence-electron chi connectivity index (χ2n) is 5.30. The Bertz CT molecular complexity index is 521. The fourth-order valence-corrected chi connectivity index (χ4v) is 2.23. The van der Waals surface area contributed by atoms with Crippen molar-refractivity contribution in [1.82, 2.24) is 0 Å². The van der Waals surface area contributed by atoms with Gasteiger partial charge in [0.15, 0.2) is 0 Å². The molecule has 0 spiro atoms. The van der Waals surface area contributed by atoms with Gasteiger partial charge < -0.3 is 4.74 Å². The molecule has 0 aliphatic carbocycles. The SMILES string of the molecule is CC(C)(C)CCOc1ccc(Cl)cc1S(N)(=O)=O. The second-order valence-corrected chi connectivity index (χ2v) is 7.26. The summed E-state index contributed by atoms with van der Waals surface area (Å²) in [4.78, 5) is -0.0797. The van der Waals surface area contributed by atoms with E-state index < -0.39 is 10.0 Å². The molecule has 1 aromatic rings. The van der Waals surface area contributed by atoms with Crippen LogP contribution in [0.15, 0.2) is 23.1 Å². The Kier molecular flexibility index (Phi) is 4.64. The normalized spacial score (nSPS) is 12.5. The van der Waals surface area contributed by atoms with Crippen molar-refractivity contribution in [2.24, 2.45) is 10.6 Å². The third-order valence-corrected chi connectivity index (χ3v) is 3.49. The molecule has 1 aromatic carbocycles. The summed E-state index contributed by atoms with van der Waals surface area (Å²) in [6.07, 6.45) is 0.805. The minimum atomic E-state index is -3.83. The minimum absolute atomic E-state index is 0.0797. The first-order valence-corrected chi connectivity index (χ1v) is 7.47. The number of hydrogen-bond acceptors (Lipinski definition) is 3. The van der Waals surface area contributed by atoms with Crippen LogP contribution in [0.25, 0.3) is 0 Å². The van der Waals surface area contributed by atoms with Crippen molar-refractivity contribution < 1.29 is 13.2 Å². The monoisotopic (exact) mass is 291 g/mol. The maximum Gasteiger partial charge on any atom is 0.241 e. The molecule has 0 heterocycles. The lowest BCUT2D eigenvalue weighted by atomic mass is 9.93. The summed E-state index contributed by atoms with van der Waals surface area (Å²) in [5.41, 5.74) is 0.119. The highest BCUT2D eigenvalue weighted by molar-refractivity contribution is 7.89. The van der Waals surface area contributed by atoms with E-state index in [0.717, 1.165) is 6.42 Å². The molecular weight excluding hydrogens is 274 g/mol. The van der Waals surface area contributed by atoms with Gasteiger partial charge in [0.25, 0.3) is 0 Å². The highest BCUT2D eigenvalue weighted by Crippen LogP contribution is 2.27. The molecule has 0 radical (unpaired) electrons. The molecule has 18 heavy (non-hydrogen) atoms. The molecule has 0 saturated carbocycles. The number of sulfonamides is 1. The van der Waals surface area contributed by atoms with E-state index in [9.17, 15) is 8.42 Å². The molecule has 0 fully saturated rings. The molecule has 0 amide bonds. The molecule has 0 saturated heterocycles. The van der Waals surface area contributed by atoms with Crippen LogP contribution in [-0.4, -0.2) is 15.0 Å². The summed E-state index contributed by atoms with van der Waals surface area (Å²) < 4.78 is 28.3. The number of halogens is 1. The lowest BCUT2D eigenvalue weighted by Crippen LogP contribution is -2.16. The Morgan fingerprint density at radius 2 is 1.94 bits per heavy atom. The van der Waals surface area contributed by atoms with Gasteiger partial charge in [-0.2, -0.15) is 0 Å². The molecular formula is C12H18ClNO3S. The fourth-order valence-electron chi connectivity index (χ4n) is 1.29. The van der Waals surface area contributed by atoms with Crippen molar-refractivity contribution in [2.75, 3.05) is 6.61 Å². The van der Waals surface area contributed by atoms with E-state index >= 15 is 0 Å². The summed E-state index contributed by atoms with van der Waals surface area (Å²) in [7, 11) is -3.83. The van der Waals surface area contributed by atoms with E-state index in [1.807, 2.05) is 0 Å². The Balaban J connectivity index is 2.90. The van der Waals surface area contributed by atoms with E-state index in [4.69, 9.17) is 21.5 Å². The Morgan fingerprint density at radius 3 is 2.44 bits per heavy atom. The van der Waals surface area contributed by atoms with Crippen LogP contribution in [0, 0.1) is 5.41 Å². The zero-order valence-corrected chi connectivity index (χ0v) is 12.3. The van der Waals surface area contributed by atoms with Crippen molar-refractivity contribution in [1.29, 1.82) is 0 Å². The molecule has 0 bridgehead atoms. The first-order valence-electron chi connectivity index (χ1n) is 5.55. The summed E-state index contributed by atoms with van der Waals surface area (Å²) in [5.74, 6) is 0.242. The molecule has 0 aliphatic rings. The van der Waals surface area contributed by atoms with Gasteiger partial charge in [-0.3, -0.25) is 0 Å². The van der Waals surface area contributed by atoms with Crippen molar-refractivity contribution in [3.05, 3.63) is 23.2 Å². The zero-order valence-electron chi connectivity index (χ0n) is 10.7. The highest BCUT2D eigenvalue weighted by atomic mass is 35.5. The van der Waals surface area contributed by atoms with Crippen LogP contribution in [0.2, 0.25) is 5.02 Å². The standard InChI is InChI=1S/C12H18ClNO3S/c1-12(2,3)6-7-17-10-5-4-9(13)8-11(10)18(14,15)16/h4-5,8H,6-7H2,1-3H3,(H2,14,15,16). The molecule has 1 rings (SSSR count). The zero-order chi connectivity index (χ0) is 14.0. The predicted octanol–water partition coefficient (Wildman–Crippen LogP) is 2.80. The number of hydrogen-bond donors (Lipinski definition) is 1. The third kappa shape index (κ3) is 4.84. The Morgan fingerprint density at radius 1 is 1.33 bits per heavy atom. The number of benzene rings is 1. The summed E-state index contributed by atoms with van der Waals surface area (Å²) in [6.45, 7) is 6.67. The molecule has 0 aromatic heterocycles. The van der Waals surface area contributed by atoms with Crippen molar-refractivity contribution in [2.45, 2.75) is 32.1 Å². The van der Waals surface area contributed by atoms with Crippen LogP contribution < -0.4 is 9.88 Å². The van der Waals surface area contributed by atoms with Crippen molar-refractivity contribution in [3.8, 4) is 5.75 Å². The van der Waals surface area contributed by atoms with E-state index in [0.29, 0.717) is 11.6 Å². The largest absolute Gasteiger partial charge is 0.492 e. The smallest absolute Gasteiger partial charge is 0.241 e. The van der Waals surface area contributed by atoms with Gasteiger partial charge in [-0.25, -0.2) is 13.6 Å². The van der Waals surface area contributed by atoms with Crippen molar-refractivity contribution >= 4 is 21.6 Å². The maximum atomic E-state index is 11.4. The lowest BCUT2D eigenvalue weighted by Gasteiger charge is -2.18. The molecule has 0 atom stereocenters. The number of ether oxygens (including phenoxy) is 1. The van der Waals surface area contributed by atoms with Gasteiger partial charge in [-0.15, -0.1) is 0 Å². The van der Waals surface area contributed by atoms with E-state index in [1.54, 1.807) is 6.07 Å². The van der Waals surface area contributed by atoms with Crippen LogP contribution >= 0.6 is 11.6 Å². The summed E-state index contributed by atoms with van der Waals surface area (Å²) in [6, 6.07) is 4.39. The molecule has 4 nitrogen and oxygen atoms in total. The van der Waals surface area contributed by atoms with Crippen LogP contribution in [0.4, 0.5) is 0 Å². The van der Waals surface area contributed by atoms with Gasteiger partial charge in [-0.1, -0.05) is 32.4 Å². The summed E-state index contributed by atoms with van der Waals surface area (Å²) >= 11 is 5.75. The Labute approximate surface area is 113 Å². The van der Waals surface area contributed by atoms with Crippen LogP contribution in [0.3, 0.4) is 0 Å². The lowest BCUT2D eigenvalue weighted by molar-refractivity contribution is 0.238. The van der Waals surface area contributed by atoms with Crippen LogP contribution in [0.1, 0.15) is 27.2 Å². The number of rotatable bonds is 4. The number of nitrogens with two attached hydrogens (primary N) is 1. The predicted molar refractivity (Wildman–Crippen MR) is 72.4 cm³/mol. The first kappa shape index (κ1) is 15.3. The van der Waals surface area contributed by atoms with E-state index in [2.05, 4.69) is 20.8 Å². The molecule has 0 unspecified atom stereocenters. The van der Waals surface area contributed by atoms with Gasteiger partial charge in [0.2, 0.25) is 10.0 Å². The minimum Gasteiger partial charge on any atom is -0.492 e. The highest BCUT2D eigenvalue weighted by Gasteiger charge is 2.17. The quantitative estimate of drug-likeness (QED) is 0.927. The molecule has 0 aliphatic heterocycles. The molecule has 6 heteroatoms. The Hall–Kier alpha value is -0.780. The van der Waals surface area contributed by atoms with Gasteiger partial charge >= 0.3 is 0 Å². The molecule has 102 valence electrons. The fraction of sp³-hybridized carbons (Fsp3) is 0.500. The van der Waals surface area contributed by atoms with E-state index in [1.165, 1.54) is 12.1 Å². The summed E-state index contributed by atoms with van der Waals surface area (Å²) in [5, 5.41) is 5.43. The first-order chi connectivity index (χ1) is 8.09. The molecule has 2 N–H and O–H groups in total. The second kappa shape index (κ2) is 5.47. The van der Waals surface area contributed by atoms with E-state index in [-0.39, 0.29) is 16.1 Å².